The summed E-state index contributed by atoms with van der Waals surface area (Å²) in [6, 6.07) is 7.51. The van der Waals surface area contributed by atoms with Gasteiger partial charge in [0.1, 0.15) is 0 Å². The fourth-order valence-corrected chi connectivity index (χ4v) is 3.19. The molecule has 1 fully saturated rings. The molecule has 1 aliphatic carbocycles. The summed E-state index contributed by atoms with van der Waals surface area (Å²) < 4.78 is 0.934. The average Bonchev–Trinajstić information content (AvgIpc) is 2.86. The first-order valence-electron chi connectivity index (χ1n) is 6.75. The SMILES string of the molecule is CN(C)C1(CNC(=O)c2cccc(Br)c2)CCCC1. The van der Waals surface area contributed by atoms with Gasteiger partial charge in [0.2, 0.25) is 0 Å². The van der Waals surface area contributed by atoms with Gasteiger partial charge >= 0.3 is 0 Å². The predicted octanol–water partition coefficient (Wildman–Crippen LogP) is 3.05. The molecule has 1 aromatic rings. The van der Waals surface area contributed by atoms with Gasteiger partial charge in [0.15, 0.2) is 0 Å². The minimum atomic E-state index is 0.00873. The van der Waals surface area contributed by atoms with E-state index in [1.54, 1.807) is 0 Å². The van der Waals surface area contributed by atoms with Crippen molar-refractivity contribution in [3.05, 3.63) is 34.3 Å². The maximum Gasteiger partial charge on any atom is 0.251 e. The number of nitrogens with zero attached hydrogens (tertiary/aromatic N) is 1. The third-order valence-corrected chi connectivity index (χ3v) is 4.64. The number of carbonyl (C=O) groups is 1. The summed E-state index contributed by atoms with van der Waals surface area (Å²) in [6.45, 7) is 0.728. The lowest BCUT2D eigenvalue weighted by Gasteiger charge is -2.36. The van der Waals surface area contributed by atoms with Crippen molar-refractivity contribution in [1.82, 2.24) is 10.2 Å². The van der Waals surface area contributed by atoms with Gasteiger partial charge in [-0.15, -0.1) is 0 Å². The maximum atomic E-state index is 12.2. The topological polar surface area (TPSA) is 32.3 Å². The molecule has 0 aromatic heterocycles. The molecule has 0 atom stereocenters. The first-order valence-corrected chi connectivity index (χ1v) is 7.54. The third-order valence-electron chi connectivity index (χ3n) is 4.15. The number of hydrogen-bond acceptors (Lipinski definition) is 2. The zero-order valence-electron chi connectivity index (χ0n) is 11.6. The Morgan fingerprint density at radius 2 is 2.05 bits per heavy atom. The van der Waals surface area contributed by atoms with E-state index in [1.165, 1.54) is 25.7 Å². The highest BCUT2D eigenvalue weighted by Gasteiger charge is 2.36. The molecule has 0 bridgehead atoms. The van der Waals surface area contributed by atoms with E-state index in [0.717, 1.165) is 11.0 Å². The van der Waals surface area contributed by atoms with Crippen molar-refractivity contribution in [2.75, 3.05) is 20.6 Å². The first kappa shape index (κ1) is 14.5. The van der Waals surface area contributed by atoms with Crippen LogP contribution in [0.4, 0.5) is 0 Å². The van der Waals surface area contributed by atoms with E-state index < -0.39 is 0 Å². The van der Waals surface area contributed by atoms with Crippen LogP contribution in [0.2, 0.25) is 0 Å². The normalized spacial score (nSPS) is 17.7. The summed E-state index contributed by atoms with van der Waals surface area (Å²) in [4.78, 5) is 14.4. The van der Waals surface area contributed by atoms with Gasteiger partial charge in [-0.3, -0.25) is 4.79 Å². The van der Waals surface area contributed by atoms with E-state index in [-0.39, 0.29) is 11.4 Å². The Kier molecular flexibility index (Phi) is 4.63. The lowest BCUT2D eigenvalue weighted by molar-refractivity contribution is 0.0900. The molecular formula is C15H21BrN2O. The summed E-state index contributed by atoms with van der Waals surface area (Å²) >= 11 is 3.39. The van der Waals surface area contributed by atoms with Crippen molar-refractivity contribution in [1.29, 1.82) is 0 Å². The van der Waals surface area contributed by atoms with Gasteiger partial charge in [-0.2, -0.15) is 0 Å². The zero-order chi connectivity index (χ0) is 13.9. The van der Waals surface area contributed by atoms with Crippen LogP contribution in [0, 0.1) is 0 Å². The third kappa shape index (κ3) is 3.37. The Balaban J connectivity index is 2.00. The molecule has 4 heteroatoms. The van der Waals surface area contributed by atoms with E-state index in [2.05, 4.69) is 40.2 Å². The number of benzene rings is 1. The Hall–Kier alpha value is -0.870. The van der Waals surface area contributed by atoms with Crippen LogP contribution in [-0.2, 0) is 0 Å². The zero-order valence-corrected chi connectivity index (χ0v) is 13.2. The van der Waals surface area contributed by atoms with Crippen LogP contribution in [0.5, 0.6) is 0 Å². The minimum Gasteiger partial charge on any atom is -0.350 e. The van der Waals surface area contributed by atoms with Gasteiger partial charge in [0, 0.05) is 22.1 Å². The van der Waals surface area contributed by atoms with Gasteiger partial charge < -0.3 is 10.2 Å². The average molecular weight is 325 g/mol. The van der Waals surface area contributed by atoms with Crippen LogP contribution in [0.15, 0.2) is 28.7 Å². The molecule has 1 saturated carbocycles. The van der Waals surface area contributed by atoms with Crippen molar-refractivity contribution >= 4 is 21.8 Å². The lowest BCUT2D eigenvalue weighted by atomic mass is 9.96. The number of carbonyl (C=O) groups excluding carboxylic acids is 1. The molecule has 1 amide bonds. The van der Waals surface area contributed by atoms with E-state index in [1.807, 2.05) is 24.3 Å². The number of halogens is 1. The Bertz CT molecular complexity index is 453. The largest absolute Gasteiger partial charge is 0.350 e. The molecule has 1 aliphatic rings. The fraction of sp³-hybridized carbons (Fsp3) is 0.533. The van der Waals surface area contributed by atoms with Crippen LogP contribution in [0.25, 0.3) is 0 Å². The molecule has 0 radical (unpaired) electrons. The number of amides is 1. The number of likely N-dealkylation sites (N-methyl/N-ethyl adjacent to an activating group) is 1. The second-order valence-electron chi connectivity index (χ2n) is 5.52. The second-order valence-corrected chi connectivity index (χ2v) is 6.43. The number of hydrogen-bond donors (Lipinski definition) is 1. The van der Waals surface area contributed by atoms with E-state index in [9.17, 15) is 4.79 Å². The summed E-state index contributed by atoms with van der Waals surface area (Å²) in [7, 11) is 4.22. The van der Waals surface area contributed by atoms with Crippen LogP contribution < -0.4 is 5.32 Å². The molecule has 19 heavy (non-hydrogen) atoms. The van der Waals surface area contributed by atoms with Crippen molar-refractivity contribution in [2.45, 2.75) is 31.2 Å². The smallest absolute Gasteiger partial charge is 0.251 e. The van der Waals surface area contributed by atoms with Crippen molar-refractivity contribution < 1.29 is 4.79 Å². The number of rotatable bonds is 4. The van der Waals surface area contributed by atoms with Gasteiger partial charge in [-0.05, 0) is 45.1 Å². The molecule has 1 aromatic carbocycles. The molecule has 104 valence electrons. The van der Waals surface area contributed by atoms with E-state index >= 15 is 0 Å². The molecule has 0 heterocycles. The predicted molar refractivity (Wildman–Crippen MR) is 81.4 cm³/mol. The summed E-state index contributed by atoms with van der Waals surface area (Å²) in [5, 5.41) is 3.09. The standard InChI is InChI=1S/C15H21BrN2O/c1-18(2)15(8-3-4-9-15)11-17-14(19)12-6-5-7-13(16)10-12/h5-7,10H,3-4,8-9,11H2,1-2H3,(H,17,19). The summed E-state index contributed by atoms with van der Waals surface area (Å²) in [5.41, 5.74) is 0.850. The molecule has 2 rings (SSSR count). The Morgan fingerprint density at radius 1 is 1.37 bits per heavy atom. The van der Waals surface area contributed by atoms with Gasteiger partial charge in [-0.1, -0.05) is 34.8 Å². The van der Waals surface area contributed by atoms with E-state index in [0.29, 0.717) is 5.56 Å². The lowest BCUT2D eigenvalue weighted by Crippen LogP contribution is -2.50. The van der Waals surface area contributed by atoms with Crippen molar-refractivity contribution in [3.8, 4) is 0 Å². The second kappa shape index (κ2) is 6.06. The van der Waals surface area contributed by atoms with E-state index in [4.69, 9.17) is 0 Å². The summed E-state index contributed by atoms with van der Waals surface area (Å²) in [5.74, 6) is 0.00873. The maximum absolute atomic E-state index is 12.2. The highest BCUT2D eigenvalue weighted by atomic mass is 79.9. The van der Waals surface area contributed by atoms with Crippen LogP contribution in [0.1, 0.15) is 36.0 Å². The molecule has 0 aliphatic heterocycles. The monoisotopic (exact) mass is 324 g/mol. The highest BCUT2D eigenvalue weighted by Crippen LogP contribution is 2.33. The van der Waals surface area contributed by atoms with Gasteiger partial charge in [0.05, 0.1) is 0 Å². The molecule has 0 unspecified atom stereocenters. The Labute approximate surface area is 123 Å². The molecular weight excluding hydrogens is 304 g/mol. The number of nitrogens with one attached hydrogen (secondary N) is 1. The van der Waals surface area contributed by atoms with Crippen LogP contribution in [0.3, 0.4) is 0 Å². The molecule has 3 nitrogen and oxygen atoms in total. The quantitative estimate of drug-likeness (QED) is 0.923. The van der Waals surface area contributed by atoms with Crippen LogP contribution >= 0.6 is 15.9 Å². The molecule has 1 N–H and O–H groups in total. The molecule has 0 saturated heterocycles. The summed E-state index contributed by atoms with van der Waals surface area (Å²) in [6.07, 6.45) is 4.84. The minimum absolute atomic E-state index is 0.00873. The Morgan fingerprint density at radius 3 is 2.63 bits per heavy atom. The van der Waals surface area contributed by atoms with Crippen molar-refractivity contribution in [3.63, 3.8) is 0 Å². The fourth-order valence-electron chi connectivity index (χ4n) is 2.79. The van der Waals surface area contributed by atoms with Gasteiger partial charge in [-0.25, -0.2) is 0 Å². The first-order chi connectivity index (χ1) is 9.03. The van der Waals surface area contributed by atoms with Gasteiger partial charge in [0.25, 0.3) is 5.91 Å². The van der Waals surface area contributed by atoms with Crippen LogP contribution in [-0.4, -0.2) is 37.0 Å². The van der Waals surface area contributed by atoms with Crippen molar-refractivity contribution in [2.24, 2.45) is 0 Å². The highest BCUT2D eigenvalue weighted by molar-refractivity contribution is 9.10. The molecule has 0 spiro atoms.